The monoisotopic (exact) mass is 355 g/mol. The van der Waals surface area contributed by atoms with Crippen molar-refractivity contribution in [1.82, 2.24) is 0 Å². The molecule has 0 spiro atoms. The zero-order chi connectivity index (χ0) is 18.7. The molecule has 2 aromatic rings. The minimum absolute atomic E-state index is 0.155. The fraction of sp³-hybridized carbons (Fsp3) is 0.263. The molecule has 7 nitrogen and oxygen atoms in total. The molecule has 1 fully saturated rings. The largest absolute Gasteiger partial charge is 0.462 e. The summed E-state index contributed by atoms with van der Waals surface area (Å²) >= 11 is 0. The first-order valence-corrected chi connectivity index (χ1v) is 7.97. The smallest absolute Gasteiger partial charge is 0.228 e. The Balaban J connectivity index is 1.68. The van der Waals surface area contributed by atoms with Crippen LogP contribution in [0.15, 0.2) is 48.5 Å². The van der Waals surface area contributed by atoms with Crippen molar-refractivity contribution in [1.29, 1.82) is 5.26 Å². The lowest BCUT2D eigenvalue weighted by atomic mass is 10.0. The van der Waals surface area contributed by atoms with E-state index in [0.717, 1.165) is 0 Å². The van der Waals surface area contributed by atoms with Crippen LogP contribution >= 0.6 is 0 Å². The van der Waals surface area contributed by atoms with Gasteiger partial charge in [-0.15, -0.1) is 0 Å². The molecule has 0 unspecified atom stereocenters. The summed E-state index contributed by atoms with van der Waals surface area (Å²) in [6.07, 6.45) is -5.03. The number of ether oxygens (including phenoxy) is 2. The number of rotatable bonds is 4. The molecule has 0 aliphatic carbocycles. The molecule has 1 saturated heterocycles. The number of aliphatic hydroxyl groups is 3. The molecule has 0 bridgehead atoms. The van der Waals surface area contributed by atoms with Gasteiger partial charge in [0.1, 0.15) is 24.1 Å². The first-order chi connectivity index (χ1) is 12.5. The second-order valence-electron chi connectivity index (χ2n) is 5.91. The van der Waals surface area contributed by atoms with Crippen LogP contribution in [0.5, 0.6) is 5.75 Å². The van der Waals surface area contributed by atoms with Crippen molar-refractivity contribution in [2.24, 2.45) is 0 Å². The van der Waals surface area contributed by atoms with Crippen LogP contribution < -0.4 is 4.74 Å². The molecule has 0 radical (unpaired) electrons. The molecule has 0 amide bonds. The zero-order valence-electron chi connectivity index (χ0n) is 13.6. The Morgan fingerprint density at radius 2 is 1.58 bits per heavy atom. The summed E-state index contributed by atoms with van der Waals surface area (Å²) in [7, 11) is 0. The Labute approximate surface area is 149 Å². The molecule has 1 aliphatic heterocycles. The molecule has 1 heterocycles. The van der Waals surface area contributed by atoms with Crippen LogP contribution in [0, 0.1) is 11.3 Å². The first kappa shape index (κ1) is 18.0. The SMILES string of the molecule is N#Cc1ccc(C(=O)c2ccc(O[C@H]3OC[C@H](O)[C@@H](O)[C@@H]3O)cc2)cc1. The third-order valence-electron chi connectivity index (χ3n) is 4.10. The van der Waals surface area contributed by atoms with E-state index in [2.05, 4.69) is 0 Å². The van der Waals surface area contributed by atoms with Gasteiger partial charge in [-0.2, -0.15) is 5.26 Å². The zero-order valence-corrected chi connectivity index (χ0v) is 13.6. The van der Waals surface area contributed by atoms with Gasteiger partial charge in [0.25, 0.3) is 0 Å². The van der Waals surface area contributed by atoms with E-state index in [1.54, 1.807) is 48.5 Å². The number of carbonyl (C=O) groups is 1. The Bertz CT molecular complexity index is 811. The second-order valence-corrected chi connectivity index (χ2v) is 5.91. The minimum Gasteiger partial charge on any atom is -0.462 e. The van der Waals surface area contributed by atoms with Gasteiger partial charge in [-0.3, -0.25) is 4.79 Å². The van der Waals surface area contributed by atoms with Crippen molar-refractivity contribution < 1.29 is 29.6 Å². The molecule has 2 aromatic carbocycles. The summed E-state index contributed by atoms with van der Waals surface area (Å²) in [5, 5.41) is 37.7. The van der Waals surface area contributed by atoms with Crippen molar-refractivity contribution in [2.75, 3.05) is 6.61 Å². The summed E-state index contributed by atoms with van der Waals surface area (Å²) in [5.41, 5.74) is 1.37. The standard InChI is InChI=1S/C19H17NO6/c20-9-11-1-3-12(4-2-11)16(22)13-5-7-14(8-6-13)26-19-18(24)17(23)15(21)10-25-19/h1-8,15,17-19,21,23-24H,10H2/t15-,17+,18-,19+/m0/s1. The van der Waals surface area contributed by atoms with Crippen molar-refractivity contribution in [2.45, 2.75) is 24.6 Å². The van der Waals surface area contributed by atoms with Gasteiger partial charge in [0.15, 0.2) is 5.78 Å². The summed E-state index contributed by atoms with van der Waals surface area (Å²) in [6, 6.07) is 14.5. The molecular formula is C19H17NO6. The van der Waals surface area contributed by atoms with Crippen molar-refractivity contribution in [3.05, 3.63) is 65.2 Å². The summed E-state index contributed by atoms with van der Waals surface area (Å²) < 4.78 is 10.6. The number of benzene rings is 2. The van der Waals surface area contributed by atoms with E-state index < -0.39 is 24.6 Å². The first-order valence-electron chi connectivity index (χ1n) is 7.97. The van der Waals surface area contributed by atoms with E-state index in [-0.39, 0.29) is 12.4 Å². The average molecular weight is 355 g/mol. The fourth-order valence-electron chi connectivity index (χ4n) is 2.56. The predicted octanol–water partition coefficient (Wildman–Crippen LogP) is 0.607. The third kappa shape index (κ3) is 3.74. The van der Waals surface area contributed by atoms with Crippen molar-refractivity contribution >= 4 is 5.78 Å². The molecule has 0 saturated carbocycles. The number of nitriles is 1. The highest BCUT2D eigenvalue weighted by Gasteiger charge is 2.38. The number of carbonyl (C=O) groups excluding carboxylic acids is 1. The Hall–Kier alpha value is -2.76. The summed E-state index contributed by atoms with van der Waals surface area (Å²) in [6.45, 7) is -0.155. The average Bonchev–Trinajstić information content (AvgIpc) is 2.68. The van der Waals surface area contributed by atoms with Gasteiger partial charge in [0.05, 0.1) is 18.2 Å². The van der Waals surface area contributed by atoms with Gasteiger partial charge in [-0.25, -0.2) is 0 Å². The molecule has 1 aliphatic rings. The van der Waals surface area contributed by atoms with Crippen LogP contribution in [0.1, 0.15) is 21.5 Å². The topological polar surface area (TPSA) is 120 Å². The number of ketones is 1. The maximum Gasteiger partial charge on any atom is 0.228 e. The molecule has 0 aromatic heterocycles. The Morgan fingerprint density at radius 3 is 2.15 bits per heavy atom. The van der Waals surface area contributed by atoms with Crippen LogP contribution in [-0.4, -0.2) is 52.3 Å². The van der Waals surface area contributed by atoms with Gasteiger partial charge < -0.3 is 24.8 Å². The van der Waals surface area contributed by atoms with Crippen molar-refractivity contribution in [3.63, 3.8) is 0 Å². The maximum atomic E-state index is 12.4. The van der Waals surface area contributed by atoms with Gasteiger partial charge in [0, 0.05) is 11.1 Å². The summed E-state index contributed by atoms with van der Waals surface area (Å²) in [4.78, 5) is 12.4. The van der Waals surface area contributed by atoms with E-state index in [1.807, 2.05) is 6.07 Å². The lowest BCUT2D eigenvalue weighted by Gasteiger charge is -2.34. The molecule has 26 heavy (non-hydrogen) atoms. The quantitative estimate of drug-likeness (QED) is 0.687. The molecule has 7 heteroatoms. The molecule has 4 atom stereocenters. The molecule has 3 rings (SSSR count). The normalized spacial score (nSPS) is 25.3. The van der Waals surface area contributed by atoms with E-state index in [0.29, 0.717) is 22.4 Å². The highest BCUT2D eigenvalue weighted by molar-refractivity contribution is 6.09. The van der Waals surface area contributed by atoms with Gasteiger partial charge in [-0.1, -0.05) is 0 Å². The van der Waals surface area contributed by atoms with Crippen LogP contribution in [0.4, 0.5) is 0 Å². The van der Waals surface area contributed by atoms with Crippen molar-refractivity contribution in [3.8, 4) is 11.8 Å². The Kier molecular flexibility index (Phi) is 5.30. The van der Waals surface area contributed by atoms with E-state index in [9.17, 15) is 20.1 Å². The molecular weight excluding hydrogens is 338 g/mol. The molecule has 3 N–H and O–H groups in total. The Morgan fingerprint density at radius 1 is 1.00 bits per heavy atom. The van der Waals surface area contributed by atoms with Crippen LogP contribution in [-0.2, 0) is 4.74 Å². The van der Waals surface area contributed by atoms with Crippen LogP contribution in [0.25, 0.3) is 0 Å². The number of hydrogen-bond acceptors (Lipinski definition) is 7. The van der Waals surface area contributed by atoms with Gasteiger partial charge in [0.2, 0.25) is 6.29 Å². The minimum atomic E-state index is -1.39. The van der Waals surface area contributed by atoms with E-state index in [1.165, 1.54) is 0 Å². The number of hydrogen-bond donors (Lipinski definition) is 3. The highest BCUT2D eigenvalue weighted by atomic mass is 16.7. The van der Waals surface area contributed by atoms with E-state index >= 15 is 0 Å². The number of aliphatic hydroxyl groups excluding tert-OH is 3. The second kappa shape index (κ2) is 7.64. The van der Waals surface area contributed by atoms with Crippen LogP contribution in [0.3, 0.4) is 0 Å². The highest BCUT2D eigenvalue weighted by Crippen LogP contribution is 2.22. The number of nitrogens with zero attached hydrogens (tertiary/aromatic N) is 1. The lowest BCUT2D eigenvalue weighted by molar-refractivity contribution is -0.242. The fourth-order valence-corrected chi connectivity index (χ4v) is 2.56. The van der Waals surface area contributed by atoms with Gasteiger partial charge >= 0.3 is 0 Å². The van der Waals surface area contributed by atoms with Gasteiger partial charge in [-0.05, 0) is 48.5 Å². The third-order valence-corrected chi connectivity index (χ3v) is 4.10. The lowest BCUT2D eigenvalue weighted by Crippen LogP contribution is -2.54. The summed E-state index contributed by atoms with van der Waals surface area (Å²) in [5.74, 6) is 0.141. The maximum absolute atomic E-state index is 12.4. The van der Waals surface area contributed by atoms with E-state index in [4.69, 9.17) is 14.7 Å². The predicted molar refractivity (Wildman–Crippen MR) is 89.4 cm³/mol. The van der Waals surface area contributed by atoms with Crippen LogP contribution in [0.2, 0.25) is 0 Å². The molecule has 134 valence electrons.